The van der Waals surface area contributed by atoms with Crippen LogP contribution in [0.2, 0.25) is 0 Å². The summed E-state index contributed by atoms with van der Waals surface area (Å²) in [6, 6.07) is 6.08. The second-order valence-corrected chi connectivity index (χ2v) is 6.61. The maximum absolute atomic E-state index is 10.3. The van der Waals surface area contributed by atoms with Crippen LogP contribution in [0.3, 0.4) is 0 Å². The van der Waals surface area contributed by atoms with Gasteiger partial charge in [-0.25, -0.2) is 0 Å². The van der Waals surface area contributed by atoms with Gasteiger partial charge in [0.05, 0.1) is 6.10 Å². The van der Waals surface area contributed by atoms with Crippen LogP contribution in [0.25, 0.3) is 0 Å². The van der Waals surface area contributed by atoms with Crippen LogP contribution < -0.4 is 4.90 Å². The first-order valence-corrected chi connectivity index (χ1v) is 8.27. The van der Waals surface area contributed by atoms with Crippen molar-refractivity contribution in [2.75, 3.05) is 51.2 Å². The molecular weight excluding hydrogens is 278 g/mol. The number of anilines is 1. The van der Waals surface area contributed by atoms with Crippen molar-refractivity contribution in [1.82, 2.24) is 9.80 Å². The van der Waals surface area contributed by atoms with E-state index in [0.29, 0.717) is 5.75 Å². The predicted octanol–water partition coefficient (Wildman–Crippen LogP) is 1.10. The van der Waals surface area contributed by atoms with Gasteiger partial charge in [0.15, 0.2) is 0 Å². The number of aliphatic hydroxyl groups excluding tert-OH is 1. The highest BCUT2D eigenvalue weighted by Gasteiger charge is 2.19. The van der Waals surface area contributed by atoms with Crippen LogP contribution in [-0.4, -0.2) is 72.4 Å². The van der Waals surface area contributed by atoms with Crippen LogP contribution in [0.1, 0.15) is 18.4 Å². The predicted molar refractivity (Wildman–Crippen MR) is 88.3 cm³/mol. The van der Waals surface area contributed by atoms with Crippen LogP contribution in [-0.2, 0) is 6.54 Å². The van der Waals surface area contributed by atoms with E-state index in [9.17, 15) is 10.2 Å². The standard InChI is InChI=1S/C17H27N3O2/c1-18-8-10-20(11-9-18)15-3-2-14(17(22)12-15)13-19-6-4-16(21)5-7-19/h2-3,12,16,21-22H,4-11,13H2,1H3. The minimum Gasteiger partial charge on any atom is -0.508 e. The van der Waals surface area contributed by atoms with Crippen molar-refractivity contribution < 1.29 is 10.2 Å². The van der Waals surface area contributed by atoms with Gasteiger partial charge in [0.25, 0.3) is 0 Å². The fourth-order valence-corrected chi connectivity index (χ4v) is 3.27. The Balaban J connectivity index is 1.62. The monoisotopic (exact) mass is 305 g/mol. The highest BCUT2D eigenvalue weighted by molar-refractivity contribution is 5.53. The molecule has 2 heterocycles. The molecule has 0 spiro atoms. The second-order valence-electron chi connectivity index (χ2n) is 6.61. The number of rotatable bonds is 3. The molecule has 0 bridgehead atoms. The number of aromatic hydroxyl groups is 1. The summed E-state index contributed by atoms with van der Waals surface area (Å²) in [6.07, 6.45) is 1.52. The summed E-state index contributed by atoms with van der Waals surface area (Å²) in [5, 5.41) is 19.9. The normalized spacial score (nSPS) is 22.2. The van der Waals surface area contributed by atoms with E-state index in [1.165, 1.54) is 0 Å². The highest BCUT2D eigenvalue weighted by atomic mass is 16.3. The van der Waals surface area contributed by atoms with E-state index >= 15 is 0 Å². The lowest BCUT2D eigenvalue weighted by Gasteiger charge is -2.34. The van der Waals surface area contributed by atoms with Crippen molar-refractivity contribution >= 4 is 5.69 Å². The van der Waals surface area contributed by atoms with E-state index in [4.69, 9.17) is 0 Å². The van der Waals surface area contributed by atoms with E-state index < -0.39 is 0 Å². The number of likely N-dealkylation sites (tertiary alicyclic amines) is 1. The average Bonchev–Trinajstić information content (AvgIpc) is 2.52. The van der Waals surface area contributed by atoms with Gasteiger partial charge in [0, 0.05) is 63.1 Å². The molecule has 1 aromatic carbocycles. The zero-order chi connectivity index (χ0) is 15.5. The van der Waals surface area contributed by atoms with Gasteiger partial charge in [0.2, 0.25) is 0 Å². The summed E-state index contributed by atoms with van der Waals surface area (Å²) < 4.78 is 0. The molecule has 2 N–H and O–H groups in total. The molecule has 3 rings (SSSR count). The Morgan fingerprint density at radius 1 is 1.05 bits per heavy atom. The zero-order valence-electron chi connectivity index (χ0n) is 13.4. The summed E-state index contributed by atoms with van der Waals surface area (Å²) in [4.78, 5) is 6.97. The van der Waals surface area contributed by atoms with Crippen molar-refractivity contribution in [3.8, 4) is 5.75 Å². The molecule has 0 atom stereocenters. The fourth-order valence-electron chi connectivity index (χ4n) is 3.27. The molecule has 2 fully saturated rings. The van der Waals surface area contributed by atoms with Crippen LogP contribution in [0.15, 0.2) is 18.2 Å². The number of likely N-dealkylation sites (N-methyl/N-ethyl adjacent to an activating group) is 1. The van der Waals surface area contributed by atoms with Gasteiger partial charge < -0.3 is 20.0 Å². The third kappa shape index (κ3) is 3.72. The van der Waals surface area contributed by atoms with Gasteiger partial charge in [-0.3, -0.25) is 4.90 Å². The number of aliphatic hydroxyl groups is 1. The lowest BCUT2D eigenvalue weighted by atomic mass is 10.1. The van der Waals surface area contributed by atoms with Crippen molar-refractivity contribution in [2.24, 2.45) is 0 Å². The largest absolute Gasteiger partial charge is 0.508 e. The van der Waals surface area contributed by atoms with Crippen molar-refractivity contribution in [2.45, 2.75) is 25.5 Å². The van der Waals surface area contributed by atoms with Gasteiger partial charge in [0.1, 0.15) is 5.75 Å². The van der Waals surface area contributed by atoms with Crippen molar-refractivity contribution in [1.29, 1.82) is 0 Å². The second kappa shape index (κ2) is 6.86. The van der Waals surface area contributed by atoms with Crippen molar-refractivity contribution in [3.63, 3.8) is 0 Å². The van der Waals surface area contributed by atoms with Crippen LogP contribution >= 0.6 is 0 Å². The number of benzene rings is 1. The molecule has 0 aromatic heterocycles. The maximum atomic E-state index is 10.3. The lowest BCUT2D eigenvalue weighted by molar-refractivity contribution is 0.0789. The third-order valence-corrected chi connectivity index (χ3v) is 4.89. The minimum absolute atomic E-state index is 0.149. The Morgan fingerprint density at radius 3 is 2.36 bits per heavy atom. The number of hydrogen-bond acceptors (Lipinski definition) is 5. The zero-order valence-corrected chi connectivity index (χ0v) is 13.4. The molecule has 0 saturated carbocycles. The SMILES string of the molecule is CN1CCN(c2ccc(CN3CCC(O)CC3)c(O)c2)CC1. The smallest absolute Gasteiger partial charge is 0.122 e. The molecule has 2 aliphatic rings. The van der Waals surface area contributed by atoms with Gasteiger partial charge in [-0.15, -0.1) is 0 Å². The minimum atomic E-state index is -0.149. The number of piperazine rings is 1. The van der Waals surface area contributed by atoms with E-state index in [0.717, 1.165) is 69.9 Å². The summed E-state index contributed by atoms with van der Waals surface area (Å²) in [5.41, 5.74) is 2.10. The lowest BCUT2D eigenvalue weighted by Crippen LogP contribution is -2.44. The van der Waals surface area contributed by atoms with E-state index in [1.54, 1.807) is 0 Å². The third-order valence-electron chi connectivity index (χ3n) is 4.89. The molecular formula is C17H27N3O2. The molecule has 122 valence electrons. The van der Waals surface area contributed by atoms with Gasteiger partial charge in [-0.1, -0.05) is 6.07 Å². The summed E-state index contributed by atoms with van der Waals surface area (Å²) in [5.74, 6) is 0.391. The summed E-state index contributed by atoms with van der Waals surface area (Å²) in [7, 11) is 2.15. The van der Waals surface area contributed by atoms with Gasteiger partial charge in [-0.2, -0.15) is 0 Å². The molecule has 22 heavy (non-hydrogen) atoms. The van der Waals surface area contributed by atoms with E-state index in [1.807, 2.05) is 12.1 Å². The summed E-state index contributed by atoms with van der Waals surface area (Å²) >= 11 is 0. The molecule has 0 radical (unpaired) electrons. The number of piperidine rings is 1. The average molecular weight is 305 g/mol. The Kier molecular flexibility index (Phi) is 4.86. The number of nitrogens with zero attached hydrogens (tertiary/aromatic N) is 3. The Morgan fingerprint density at radius 2 is 1.73 bits per heavy atom. The van der Waals surface area contributed by atoms with Crippen molar-refractivity contribution in [3.05, 3.63) is 23.8 Å². The molecule has 0 unspecified atom stereocenters. The number of hydrogen-bond donors (Lipinski definition) is 2. The quantitative estimate of drug-likeness (QED) is 0.876. The Labute approximate surface area is 132 Å². The fraction of sp³-hybridized carbons (Fsp3) is 0.647. The number of phenolic OH excluding ortho intramolecular Hbond substituents is 1. The number of phenols is 1. The topological polar surface area (TPSA) is 50.2 Å². The molecule has 0 aliphatic carbocycles. The Hall–Kier alpha value is -1.30. The first-order chi connectivity index (χ1) is 10.6. The van der Waals surface area contributed by atoms with Gasteiger partial charge in [-0.05, 0) is 26.0 Å². The highest BCUT2D eigenvalue weighted by Crippen LogP contribution is 2.27. The van der Waals surface area contributed by atoms with Gasteiger partial charge >= 0.3 is 0 Å². The molecule has 1 aromatic rings. The molecule has 2 aliphatic heterocycles. The van der Waals surface area contributed by atoms with E-state index in [-0.39, 0.29) is 6.10 Å². The molecule has 0 amide bonds. The summed E-state index contributed by atoms with van der Waals surface area (Å²) in [6.45, 7) is 6.74. The van der Waals surface area contributed by atoms with Crippen LogP contribution in [0.5, 0.6) is 5.75 Å². The maximum Gasteiger partial charge on any atom is 0.122 e. The first-order valence-electron chi connectivity index (χ1n) is 8.27. The van der Waals surface area contributed by atoms with Crippen LogP contribution in [0, 0.1) is 0 Å². The molecule has 2 saturated heterocycles. The molecule has 5 nitrogen and oxygen atoms in total. The first kappa shape index (κ1) is 15.6. The molecule has 5 heteroatoms. The van der Waals surface area contributed by atoms with Crippen LogP contribution in [0.4, 0.5) is 5.69 Å². The Bertz CT molecular complexity index is 493. The van der Waals surface area contributed by atoms with E-state index in [2.05, 4.69) is 27.8 Å².